The van der Waals surface area contributed by atoms with Gasteiger partial charge in [0.15, 0.2) is 0 Å². The van der Waals surface area contributed by atoms with Crippen LogP contribution in [0, 0.1) is 5.92 Å². The molecular weight excluding hydrogens is 232 g/mol. The monoisotopic (exact) mass is 256 g/mol. The van der Waals surface area contributed by atoms with Crippen LogP contribution in [0.3, 0.4) is 0 Å². The molecule has 0 spiro atoms. The highest BCUT2D eigenvalue weighted by Crippen LogP contribution is 2.23. The zero-order chi connectivity index (χ0) is 13.5. The molecule has 0 saturated heterocycles. The van der Waals surface area contributed by atoms with E-state index in [4.69, 9.17) is 5.11 Å². The van der Waals surface area contributed by atoms with Crippen LogP contribution in [0.4, 0.5) is 0 Å². The van der Waals surface area contributed by atoms with E-state index in [-0.39, 0.29) is 18.7 Å². The molecule has 1 saturated carbocycles. The van der Waals surface area contributed by atoms with Gasteiger partial charge in [0.1, 0.15) is 0 Å². The van der Waals surface area contributed by atoms with Crippen molar-refractivity contribution >= 4 is 11.8 Å². The summed E-state index contributed by atoms with van der Waals surface area (Å²) in [6.07, 6.45) is 4.95. The van der Waals surface area contributed by atoms with Gasteiger partial charge in [0, 0.05) is 6.04 Å². The van der Waals surface area contributed by atoms with Gasteiger partial charge < -0.3 is 15.7 Å². The van der Waals surface area contributed by atoms with E-state index in [1.807, 2.05) is 6.92 Å². The van der Waals surface area contributed by atoms with Crippen molar-refractivity contribution in [3.63, 3.8) is 0 Å². The molecule has 2 amide bonds. The van der Waals surface area contributed by atoms with E-state index in [0.29, 0.717) is 12.3 Å². The second kappa shape index (κ2) is 7.36. The van der Waals surface area contributed by atoms with Crippen LogP contribution >= 0.6 is 0 Å². The molecule has 0 heterocycles. The van der Waals surface area contributed by atoms with Gasteiger partial charge >= 0.3 is 11.8 Å². The first-order chi connectivity index (χ1) is 8.58. The first kappa shape index (κ1) is 15.0. The lowest BCUT2D eigenvalue weighted by atomic mass is 9.86. The summed E-state index contributed by atoms with van der Waals surface area (Å²) in [4.78, 5) is 23.3. The zero-order valence-electron chi connectivity index (χ0n) is 11.2. The largest absolute Gasteiger partial charge is 0.394 e. The molecule has 104 valence electrons. The van der Waals surface area contributed by atoms with E-state index in [2.05, 4.69) is 17.6 Å². The molecule has 0 aliphatic heterocycles. The van der Waals surface area contributed by atoms with Gasteiger partial charge in [-0.15, -0.1) is 0 Å². The van der Waals surface area contributed by atoms with Crippen molar-refractivity contribution in [2.24, 2.45) is 5.92 Å². The lowest BCUT2D eigenvalue weighted by molar-refractivity contribution is -0.140. The van der Waals surface area contributed by atoms with Crippen LogP contribution in [0.25, 0.3) is 0 Å². The Kier molecular flexibility index (Phi) is 6.12. The minimum Gasteiger partial charge on any atom is -0.394 e. The maximum atomic E-state index is 11.7. The topological polar surface area (TPSA) is 78.4 Å². The predicted molar refractivity (Wildman–Crippen MR) is 68.9 cm³/mol. The number of hydrogen-bond acceptors (Lipinski definition) is 3. The molecule has 1 aliphatic rings. The fourth-order valence-corrected chi connectivity index (χ4v) is 2.29. The van der Waals surface area contributed by atoms with Gasteiger partial charge in [0.2, 0.25) is 0 Å². The Labute approximate surface area is 108 Å². The Balaban J connectivity index is 2.41. The fourth-order valence-electron chi connectivity index (χ4n) is 2.29. The first-order valence-corrected chi connectivity index (χ1v) is 6.80. The summed E-state index contributed by atoms with van der Waals surface area (Å²) in [6.45, 7) is 3.81. The van der Waals surface area contributed by atoms with Gasteiger partial charge in [-0.25, -0.2) is 0 Å². The number of amides is 2. The summed E-state index contributed by atoms with van der Waals surface area (Å²) < 4.78 is 0. The van der Waals surface area contributed by atoms with Gasteiger partial charge in [-0.05, 0) is 25.2 Å². The molecule has 0 aromatic heterocycles. The van der Waals surface area contributed by atoms with Crippen LogP contribution in [0.15, 0.2) is 0 Å². The molecule has 18 heavy (non-hydrogen) atoms. The molecule has 0 aromatic carbocycles. The number of rotatable bonds is 4. The smallest absolute Gasteiger partial charge is 0.309 e. The van der Waals surface area contributed by atoms with Crippen LogP contribution in [0.1, 0.15) is 46.0 Å². The van der Waals surface area contributed by atoms with Crippen molar-refractivity contribution in [1.82, 2.24) is 10.6 Å². The summed E-state index contributed by atoms with van der Waals surface area (Å²) in [5.41, 5.74) is 0. The Morgan fingerprint density at radius 2 is 1.94 bits per heavy atom. The van der Waals surface area contributed by atoms with Crippen molar-refractivity contribution < 1.29 is 14.7 Å². The number of aliphatic hydroxyl groups excluding tert-OH is 1. The van der Waals surface area contributed by atoms with E-state index in [0.717, 1.165) is 19.3 Å². The number of carbonyl (C=O) groups is 2. The van der Waals surface area contributed by atoms with Crippen molar-refractivity contribution in [2.75, 3.05) is 6.61 Å². The van der Waals surface area contributed by atoms with Crippen LogP contribution in [0.5, 0.6) is 0 Å². The van der Waals surface area contributed by atoms with E-state index < -0.39 is 11.8 Å². The highest BCUT2D eigenvalue weighted by molar-refractivity contribution is 6.35. The van der Waals surface area contributed by atoms with Crippen LogP contribution < -0.4 is 10.6 Å². The van der Waals surface area contributed by atoms with Gasteiger partial charge in [0.25, 0.3) is 0 Å². The van der Waals surface area contributed by atoms with Crippen molar-refractivity contribution in [2.45, 2.75) is 58.0 Å². The number of carbonyl (C=O) groups excluding carboxylic acids is 2. The fraction of sp³-hybridized carbons (Fsp3) is 0.846. The minimum absolute atomic E-state index is 0.103. The van der Waals surface area contributed by atoms with Crippen LogP contribution in [0.2, 0.25) is 0 Å². The van der Waals surface area contributed by atoms with Crippen LogP contribution in [-0.2, 0) is 9.59 Å². The summed E-state index contributed by atoms with van der Waals surface area (Å²) in [6, 6.07) is -0.238. The van der Waals surface area contributed by atoms with E-state index in [1.54, 1.807) is 0 Å². The maximum Gasteiger partial charge on any atom is 0.309 e. The molecule has 3 atom stereocenters. The van der Waals surface area contributed by atoms with Crippen molar-refractivity contribution in [3.05, 3.63) is 0 Å². The number of aliphatic hydroxyl groups is 1. The Hall–Kier alpha value is -1.10. The van der Waals surface area contributed by atoms with E-state index in [9.17, 15) is 9.59 Å². The zero-order valence-corrected chi connectivity index (χ0v) is 11.2. The minimum atomic E-state index is -0.645. The molecule has 5 heteroatoms. The molecule has 3 N–H and O–H groups in total. The Morgan fingerprint density at radius 3 is 2.50 bits per heavy atom. The third kappa shape index (κ3) is 4.29. The van der Waals surface area contributed by atoms with Gasteiger partial charge in [-0.2, -0.15) is 0 Å². The SMILES string of the molecule is CC[C@H](CO)NC(=O)C(=O)N[C@H]1CCCC[C@H]1C. The molecule has 1 aliphatic carbocycles. The summed E-state index contributed by atoms with van der Waals surface area (Å²) >= 11 is 0. The standard InChI is InChI=1S/C13H24N2O3/c1-3-10(8-16)14-12(17)13(18)15-11-7-5-4-6-9(11)2/h9-11,16H,3-8H2,1-2H3,(H,14,17)(H,15,18)/t9-,10-,11+/m1/s1. The quantitative estimate of drug-likeness (QED) is 0.643. The molecule has 0 unspecified atom stereocenters. The molecule has 0 radical (unpaired) electrons. The normalized spacial score (nSPS) is 25.3. The van der Waals surface area contributed by atoms with Crippen molar-refractivity contribution in [3.8, 4) is 0 Å². The second-order valence-electron chi connectivity index (χ2n) is 5.10. The van der Waals surface area contributed by atoms with E-state index in [1.165, 1.54) is 6.42 Å². The third-order valence-electron chi connectivity index (χ3n) is 3.68. The number of hydrogen-bond donors (Lipinski definition) is 3. The van der Waals surface area contributed by atoms with Gasteiger partial charge in [-0.3, -0.25) is 9.59 Å². The Morgan fingerprint density at radius 1 is 1.28 bits per heavy atom. The second-order valence-corrected chi connectivity index (χ2v) is 5.10. The molecule has 1 fully saturated rings. The molecule has 0 bridgehead atoms. The lowest BCUT2D eigenvalue weighted by Gasteiger charge is -2.29. The summed E-state index contributed by atoms with van der Waals surface area (Å²) in [5.74, 6) is -0.801. The van der Waals surface area contributed by atoms with Crippen LogP contribution in [-0.4, -0.2) is 35.6 Å². The molecular formula is C13H24N2O3. The van der Waals surface area contributed by atoms with Gasteiger partial charge in [-0.1, -0.05) is 26.7 Å². The average Bonchev–Trinajstić information content (AvgIpc) is 2.38. The molecule has 0 aromatic rings. The highest BCUT2D eigenvalue weighted by Gasteiger charge is 2.26. The highest BCUT2D eigenvalue weighted by atomic mass is 16.3. The Bertz CT molecular complexity index is 290. The summed E-state index contributed by atoms with van der Waals surface area (Å²) in [7, 11) is 0. The van der Waals surface area contributed by atoms with Crippen molar-refractivity contribution in [1.29, 1.82) is 0 Å². The van der Waals surface area contributed by atoms with E-state index >= 15 is 0 Å². The predicted octanol–water partition coefficient (Wildman–Crippen LogP) is 0.568. The number of nitrogens with one attached hydrogen (secondary N) is 2. The maximum absolute atomic E-state index is 11.7. The first-order valence-electron chi connectivity index (χ1n) is 6.80. The summed E-state index contributed by atoms with van der Waals surface area (Å²) in [5, 5.41) is 14.3. The third-order valence-corrected chi connectivity index (χ3v) is 3.68. The average molecular weight is 256 g/mol. The molecule has 1 rings (SSSR count). The molecule has 5 nitrogen and oxygen atoms in total. The van der Waals surface area contributed by atoms with Gasteiger partial charge in [0.05, 0.1) is 12.6 Å². The lowest BCUT2D eigenvalue weighted by Crippen LogP contribution is -2.50.